The third-order valence-electron chi connectivity index (χ3n) is 1.60. The first-order valence-electron chi connectivity index (χ1n) is 3.53. The molecule has 0 aromatic carbocycles. The maximum absolute atomic E-state index is 12.1. The van der Waals surface area contributed by atoms with Gasteiger partial charge in [0.05, 0.1) is 6.21 Å². The first-order chi connectivity index (χ1) is 5.95. The summed E-state index contributed by atoms with van der Waals surface area (Å²) < 4.78 is 41.1. The van der Waals surface area contributed by atoms with E-state index in [1.54, 1.807) is 0 Å². The molecule has 3 nitrogen and oxygen atoms in total. The van der Waals surface area contributed by atoms with Crippen molar-refractivity contribution >= 4 is 6.21 Å². The highest BCUT2D eigenvalue weighted by Gasteiger charge is 2.36. The second-order valence-electron chi connectivity index (χ2n) is 2.58. The van der Waals surface area contributed by atoms with Crippen LogP contribution in [0.2, 0.25) is 0 Å². The monoisotopic (exact) mass is 194 g/mol. The summed E-state index contributed by atoms with van der Waals surface area (Å²) >= 11 is 0. The molecule has 0 saturated carbocycles. The molecule has 1 atom stereocenters. The van der Waals surface area contributed by atoms with Crippen LogP contribution >= 0.6 is 0 Å². The number of alkyl halides is 3. The highest BCUT2D eigenvalue weighted by atomic mass is 19.4. The Morgan fingerprint density at radius 2 is 2.15 bits per heavy atom. The summed E-state index contributed by atoms with van der Waals surface area (Å²) in [5.74, 6) is 0. The molecule has 0 amide bonds. The summed E-state index contributed by atoms with van der Waals surface area (Å²) in [4.78, 5) is 4.55. The van der Waals surface area contributed by atoms with Gasteiger partial charge >= 0.3 is 6.18 Å². The molecule has 1 heterocycles. The molecule has 0 aromatic heterocycles. The van der Waals surface area contributed by atoms with Gasteiger partial charge in [-0.05, 0) is 0 Å². The van der Waals surface area contributed by atoms with Crippen molar-refractivity contribution in [1.82, 2.24) is 4.90 Å². The van der Waals surface area contributed by atoms with Crippen molar-refractivity contribution in [3.05, 3.63) is 11.9 Å². The number of ether oxygens (including phenoxy) is 1. The van der Waals surface area contributed by atoms with E-state index < -0.39 is 18.1 Å². The molecule has 0 radical (unpaired) electrons. The van der Waals surface area contributed by atoms with E-state index in [2.05, 4.69) is 4.99 Å². The Hall–Kier alpha value is -1.04. The molecule has 0 N–H and O–H groups in total. The lowest BCUT2D eigenvalue weighted by Crippen LogP contribution is -2.34. The molecule has 0 bridgehead atoms. The number of nitrogens with zero attached hydrogens (tertiary/aromatic N) is 2. The SMILES string of the molecule is COC1C=NC(C(F)(F)F)=CN1C. The Morgan fingerprint density at radius 1 is 1.54 bits per heavy atom. The second kappa shape index (κ2) is 3.37. The first-order valence-corrected chi connectivity index (χ1v) is 3.53. The van der Waals surface area contributed by atoms with Gasteiger partial charge < -0.3 is 9.64 Å². The summed E-state index contributed by atoms with van der Waals surface area (Å²) in [5.41, 5.74) is -0.914. The fourth-order valence-corrected chi connectivity index (χ4v) is 0.922. The van der Waals surface area contributed by atoms with Crippen molar-refractivity contribution in [1.29, 1.82) is 0 Å². The Bertz CT molecular complexity index is 247. The van der Waals surface area contributed by atoms with Gasteiger partial charge in [-0.15, -0.1) is 0 Å². The van der Waals surface area contributed by atoms with Crippen molar-refractivity contribution in [2.75, 3.05) is 14.2 Å². The Balaban J connectivity index is 2.80. The number of rotatable bonds is 1. The van der Waals surface area contributed by atoms with Gasteiger partial charge in [0.2, 0.25) is 0 Å². The van der Waals surface area contributed by atoms with Crippen LogP contribution in [-0.4, -0.2) is 37.7 Å². The predicted molar refractivity (Wildman–Crippen MR) is 41.2 cm³/mol. The highest BCUT2D eigenvalue weighted by molar-refractivity contribution is 5.65. The van der Waals surface area contributed by atoms with Crippen LogP contribution in [0, 0.1) is 0 Å². The molecule has 1 aliphatic heterocycles. The van der Waals surface area contributed by atoms with Gasteiger partial charge in [-0.2, -0.15) is 13.2 Å². The molecule has 13 heavy (non-hydrogen) atoms. The van der Waals surface area contributed by atoms with Gasteiger partial charge in [0.15, 0.2) is 11.9 Å². The lowest BCUT2D eigenvalue weighted by molar-refractivity contribution is -0.0950. The number of hydrogen-bond acceptors (Lipinski definition) is 3. The fraction of sp³-hybridized carbons (Fsp3) is 0.571. The van der Waals surface area contributed by atoms with Gasteiger partial charge in [-0.3, -0.25) is 0 Å². The highest BCUT2D eigenvalue weighted by Crippen LogP contribution is 2.28. The molecule has 6 heteroatoms. The zero-order valence-electron chi connectivity index (χ0n) is 7.17. The molecular weight excluding hydrogens is 185 g/mol. The fourth-order valence-electron chi connectivity index (χ4n) is 0.922. The third kappa shape index (κ3) is 2.21. The summed E-state index contributed by atoms with van der Waals surface area (Å²) in [7, 11) is 2.89. The molecular formula is C7H9F3N2O. The van der Waals surface area contributed by atoms with E-state index in [-0.39, 0.29) is 0 Å². The topological polar surface area (TPSA) is 24.8 Å². The molecule has 0 saturated heterocycles. The third-order valence-corrected chi connectivity index (χ3v) is 1.60. The second-order valence-corrected chi connectivity index (χ2v) is 2.58. The maximum atomic E-state index is 12.1. The standard InChI is InChI=1S/C7H9F3N2O/c1-12-4-5(7(8,9)10)11-3-6(12)13-2/h3-4,6H,1-2H3. The molecule has 1 rings (SSSR count). The van der Waals surface area contributed by atoms with Crippen molar-refractivity contribution in [3.8, 4) is 0 Å². The maximum Gasteiger partial charge on any atom is 0.434 e. The lowest BCUT2D eigenvalue weighted by atomic mass is 10.4. The minimum absolute atomic E-state index is 0.522. The predicted octanol–water partition coefficient (Wildman–Crippen LogP) is 1.38. The largest absolute Gasteiger partial charge is 0.434 e. The van der Waals surface area contributed by atoms with Gasteiger partial charge in [0.1, 0.15) is 0 Å². The molecule has 0 aliphatic carbocycles. The van der Waals surface area contributed by atoms with Crippen LogP contribution in [0.4, 0.5) is 13.2 Å². The summed E-state index contributed by atoms with van der Waals surface area (Å²) in [6.45, 7) is 0. The van der Waals surface area contributed by atoms with E-state index in [1.165, 1.54) is 19.1 Å². The van der Waals surface area contributed by atoms with Crippen LogP contribution in [0.3, 0.4) is 0 Å². The Kier molecular flexibility index (Phi) is 2.60. The average molecular weight is 194 g/mol. The Morgan fingerprint density at radius 3 is 2.54 bits per heavy atom. The van der Waals surface area contributed by atoms with Gasteiger partial charge in [-0.1, -0.05) is 0 Å². The molecule has 1 aliphatic rings. The zero-order chi connectivity index (χ0) is 10.1. The average Bonchev–Trinajstić information content (AvgIpc) is 2.02. The van der Waals surface area contributed by atoms with Crippen molar-refractivity contribution in [2.24, 2.45) is 4.99 Å². The first kappa shape index (κ1) is 10.0. The minimum Gasteiger partial charge on any atom is -0.356 e. The summed E-state index contributed by atoms with van der Waals surface area (Å²) in [5, 5.41) is 0. The van der Waals surface area contributed by atoms with E-state index in [1.807, 2.05) is 0 Å². The van der Waals surface area contributed by atoms with E-state index in [0.717, 1.165) is 12.4 Å². The number of aliphatic imine (C=N–C) groups is 1. The Labute approximate surface area is 73.5 Å². The number of allylic oxidation sites excluding steroid dienone is 1. The summed E-state index contributed by atoms with van der Waals surface area (Å²) in [6.07, 6.45) is -2.90. The normalized spacial score (nSPS) is 23.3. The van der Waals surface area contributed by atoms with Crippen LogP contribution in [0.5, 0.6) is 0 Å². The summed E-state index contributed by atoms with van der Waals surface area (Å²) in [6, 6.07) is 0. The minimum atomic E-state index is -4.40. The van der Waals surface area contributed by atoms with Gasteiger partial charge in [-0.25, -0.2) is 4.99 Å². The molecule has 0 spiro atoms. The quantitative estimate of drug-likeness (QED) is 0.630. The van der Waals surface area contributed by atoms with E-state index in [0.29, 0.717) is 0 Å². The van der Waals surface area contributed by atoms with Crippen LogP contribution in [0.25, 0.3) is 0 Å². The van der Waals surface area contributed by atoms with E-state index in [9.17, 15) is 13.2 Å². The van der Waals surface area contributed by atoms with E-state index >= 15 is 0 Å². The number of halogens is 3. The van der Waals surface area contributed by atoms with Crippen molar-refractivity contribution in [3.63, 3.8) is 0 Å². The van der Waals surface area contributed by atoms with Crippen LogP contribution in [-0.2, 0) is 4.74 Å². The van der Waals surface area contributed by atoms with Crippen LogP contribution < -0.4 is 0 Å². The molecule has 1 unspecified atom stereocenters. The van der Waals surface area contributed by atoms with Crippen LogP contribution in [0.15, 0.2) is 16.9 Å². The molecule has 0 aromatic rings. The number of hydrogen-bond donors (Lipinski definition) is 0. The van der Waals surface area contributed by atoms with Crippen LogP contribution in [0.1, 0.15) is 0 Å². The van der Waals surface area contributed by atoms with Gasteiger partial charge in [0.25, 0.3) is 0 Å². The lowest BCUT2D eigenvalue weighted by Gasteiger charge is -2.26. The zero-order valence-corrected chi connectivity index (χ0v) is 7.17. The number of methoxy groups -OCH3 is 1. The van der Waals surface area contributed by atoms with Crippen molar-refractivity contribution in [2.45, 2.75) is 12.4 Å². The smallest absolute Gasteiger partial charge is 0.356 e. The molecule has 0 fully saturated rings. The van der Waals surface area contributed by atoms with E-state index in [4.69, 9.17) is 4.74 Å². The van der Waals surface area contributed by atoms with Gasteiger partial charge in [0, 0.05) is 20.4 Å². The molecule has 74 valence electrons. The van der Waals surface area contributed by atoms with Crippen molar-refractivity contribution < 1.29 is 17.9 Å².